The van der Waals surface area contributed by atoms with Gasteiger partial charge in [0.15, 0.2) is 11.5 Å². The third kappa shape index (κ3) is 5.65. The molecule has 2 aromatic rings. The predicted molar refractivity (Wildman–Crippen MR) is 98.3 cm³/mol. The molecule has 0 fully saturated rings. The van der Waals surface area contributed by atoms with Crippen molar-refractivity contribution >= 4 is 29.3 Å². The molecule has 27 heavy (non-hydrogen) atoms. The fourth-order valence-electron chi connectivity index (χ4n) is 2.21. The molecule has 8 heteroatoms. The highest BCUT2D eigenvalue weighted by atomic mass is 35.5. The van der Waals surface area contributed by atoms with Crippen molar-refractivity contribution in [2.75, 3.05) is 19.0 Å². The van der Waals surface area contributed by atoms with E-state index in [2.05, 4.69) is 5.32 Å². The molecule has 2 aromatic carbocycles. The summed E-state index contributed by atoms with van der Waals surface area (Å²) in [5, 5.41) is 2.35. The summed E-state index contributed by atoms with van der Waals surface area (Å²) in [7, 11) is 1.49. The van der Waals surface area contributed by atoms with Crippen LogP contribution in [-0.4, -0.2) is 19.6 Å². The molecule has 0 unspecified atom stereocenters. The van der Waals surface area contributed by atoms with Crippen LogP contribution in [0.4, 0.5) is 18.9 Å². The molecule has 0 saturated heterocycles. The highest BCUT2D eigenvalue weighted by Gasteiger charge is 2.31. The van der Waals surface area contributed by atoms with Crippen LogP contribution < -0.4 is 14.8 Å². The minimum atomic E-state index is -4.53. The van der Waals surface area contributed by atoms with Gasteiger partial charge in [0.2, 0.25) is 5.91 Å². The van der Waals surface area contributed by atoms with Gasteiger partial charge < -0.3 is 14.8 Å². The number of amides is 1. The van der Waals surface area contributed by atoms with Crippen molar-refractivity contribution in [3.63, 3.8) is 0 Å². The van der Waals surface area contributed by atoms with Crippen molar-refractivity contribution in [1.29, 1.82) is 0 Å². The van der Waals surface area contributed by atoms with E-state index in [9.17, 15) is 18.0 Å². The molecule has 144 valence electrons. The average Bonchev–Trinajstić information content (AvgIpc) is 2.62. The number of methoxy groups -OCH3 is 1. The summed E-state index contributed by atoms with van der Waals surface area (Å²) in [6, 6.07) is 7.80. The van der Waals surface area contributed by atoms with Gasteiger partial charge in [-0.2, -0.15) is 13.2 Å². The first kappa shape index (κ1) is 20.6. The molecule has 0 aromatic heterocycles. The maximum atomic E-state index is 12.8. The van der Waals surface area contributed by atoms with Crippen LogP contribution in [-0.2, 0) is 11.0 Å². The van der Waals surface area contributed by atoms with E-state index in [0.29, 0.717) is 23.7 Å². The lowest BCUT2D eigenvalue weighted by atomic mass is 10.1. The number of carbonyl (C=O) groups is 1. The Morgan fingerprint density at radius 1 is 1.19 bits per heavy atom. The van der Waals surface area contributed by atoms with Gasteiger partial charge in [-0.05, 0) is 48.9 Å². The first-order chi connectivity index (χ1) is 12.7. The van der Waals surface area contributed by atoms with Crippen LogP contribution in [0.25, 0.3) is 6.08 Å². The van der Waals surface area contributed by atoms with Crippen LogP contribution >= 0.6 is 11.6 Å². The molecule has 0 bridgehead atoms. The summed E-state index contributed by atoms with van der Waals surface area (Å²) in [5.41, 5.74) is -0.367. The van der Waals surface area contributed by atoms with E-state index in [-0.39, 0.29) is 10.7 Å². The van der Waals surface area contributed by atoms with Gasteiger partial charge in [-0.1, -0.05) is 17.7 Å². The first-order valence-electron chi connectivity index (χ1n) is 7.91. The predicted octanol–water partition coefficient (Wildman–Crippen LogP) is 5.42. The second-order valence-corrected chi connectivity index (χ2v) is 5.77. The summed E-state index contributed by atoms with van der Waals surface area (Å²) in [6.07, 6.45) is -1.85. The fourth-order valence-corrected chi connectivity index (χ4v) is 2.37. The lowest BCUT2D eigenvalue weighted by Crippen LogP contribution is -2.11. The number of halogens is 4. The number of nitrogens with one attached hydrogen (secondary N) is 1. The van der Waals surface area contributed by atoms with Crippen LogP contribution in [0.5, 0.6) is 11.5 Å². The number of benzene rings is 2. The van der Waals surface area contributed by atoms with E-state index < -0.39 is 17.6 Å². The van der Waals surface area contributed by atoms with Crippen molar-refractivity contribution in [1.82, 2.24) is 0 Å². The molecule has 0 atom stereocenters. The Morgan fingerprint density at radius 2 is 1.93 bits per heavy atom. The number of ether oxygens (including phenoxy) is 2. The molecule has 0 heterocycles. The lowest BCUT2D eigenvalue weighted by molar-refractivity contribution is -0.137. The molecule has 0 spiro atoms. The van der Waals surface area contributed by atoms with E-state index in [4.69, 9.17) is 21.1 Å². The molecule has 0 aliphatic carbocycles. The Kier molecular flexibility index (Phi) is 6.74. The Balaban J connectivity index is 2.14. The standard InChI is InChI=1S/C19H17ClF3NO3/c1-3-27-16-8-4-12(10-17(16)26-2)5-9-18(25)24-15-11-13(19(21,22)23)6-7-14(15)20/h4-11H,3H2,1-2H3,(H,24,25). The van der Waals surface area contributed by atoms with Gasteiger partial charge in [-0.3, -0.25) is 4.79 Å². The summed E-state index contributed by atoms with van der Waals surface area (Å²) in [6.45, 7) is 2.32. The van der Waals surface area contributed by atoms with E-state index >= 15 is 0 Å². The minimum Gasteiger partial charge on any atom is -0.493 e. The smallest absolute Gasteiger partial charge is 0.416 e. The number of hydrogen-bond acceptors (Lipinski definition) is 3. The van der Waals surface area contributed by atoms with Gasteiger partial charge >= 0.3 is 6.18 Å². The van der Waals surface area contributed by atoms with Crippen LogP contribution in [0.1, 0.15) is 18.1 Å². The zero-order chi connectivity index (χ0) is 20.0. The quantitative estimate of drug-likeness (QED) is 0.660. The van der Waals surface area contributed by atoms with Crippen molar-refractivity contribution in [3.8, 4) is 11.5 Å². The summed E-state index contributed by atoms with van der Waals surface area (Å²) < 4.78 is 48.9. The van der Waals surface area contributed by atoms with Crippen molar-refractivity contribution in [2.24, 2.45) is 0 Å². The molecule has 0 aliphatic rings. The van der Waals surface area contributed by atoms with E-state index in [1.165, 1.54) is 19.3 Å². The Morgan fingerprint density at radius 3 is 2.56 bits per heavy atom. The molecule has 1 amide bonds. The monoisotopic (exact) mass is 399 g/mol. The van der Waals surface area contributed by atoms with Crippen molar-refractivity contribution in [3.05, 3.63) is 58.6 Å². The highest BCUT2D eigenvalue weighted by molar-refractivity contribution is 6.33. The number of hydrogen-bond donors (Lipinski definition) is 1. The van der Waals surface area contributed by atoms with Gasteiger partial charge in [-0.25, -0.2) is 0 Å². The second-order valence-electron chi connectivity index (χ2n) is 5.36. The SMILES string of the molecule is CCOc1ccc(C=CC(=O)Nc2cc(C(F)(F)F)ccc2Cl)cc1OC. The van der Waals surface area contributed by atoms with Crippen molar-refractivity contribution < 1.29 is 27.4 Å². The maximum Gasteiger partial charge on any atom is 0.416 e. The van der Waals surface area contributed by atoms with Gasteiger partial charge in [0.1, 0.15) is 0 Å². The second kappa shape index (κ2) is 8.81. The number of rotatable bonds is 6. The maximum absolute atomic E-state index is 12.8. The van der Waals surface area contributed by atoms with Gasteiger partial charge in [0, 0.05) is 6.08 Å². The lowest BCUT2D eigenvalue weighted by Gasteiger charge is -2.11. The number of anilines is 1. The number of carbonyl (C=O) groups excluding carboxylic acids is 1. The van der Waals surface area contributed by atoms with E-state index in [1.807, 2.05) is 6.92 Å². The van der Waals surface area contributed by atoms with Gasteiger partial charge in [-0.15, -0.1) is 0 Å². The average molecular weight is 400 g/mol. The van der Waals surface area contributed by atoms with Crippen LogP contribution in [0.2, 0.25) is 5.02 Å². The van der Waals surface area contributed by atoms with Crippen LogP contribution in [0.15, 0.2) is 42.5 Å². The molecule has 1 N–H and O–H groups in total. The largest absolute Gasteiger partial charge is 0.493 e. The molecular weight excluding hydrogens is 383 g/mol. The Labute approximate surface area is 159 Å². The molecule has 2 rings (SSSR count). The van der Waals surface area contributed by atoms with Crippen LogP contribution in [0, 0.1) is 0 Å². The topological polar surface area (TPSA) is 47.6 Å². The molecule has 0 saturated carbocycles. The van der Waals surface area contributed by atoms with Crippen molar-refractivity contribution in [2.45, 2.75) is 13.1 Å². The summed E-state index contributed by atoms with van der Waals surface area (Å²) in [5.74, 6) is 0.446. The van der Waals surface area contributed by atoms with Gasteiger partial charge in [0.05, 0.1) is 30.0 Å². The van der Waals surface area contributed by atoms with Crippen LogP contribution in [0.3, 0.4) is 0 Å². The third-order valence-electron chi connectivity index (χ3n) is 3.47. The number of alkyl halides is 3. The summed E-state index contributed by atoms with van der Waals surface area (Å²) in [4.78, 5) is 12.0. The van der Waals surface area contributed by atoms with E-state index in [0.717, 1.165) is 18.2 Å². The molecule has 4 nitrogen and oxygen atoms in total. The molecule has 0 aliphatic heterocycles. The molecular formula is C19H17ClF3NO3. The summed E-state index contributed by atoms with van der Waals surface area (Å²) >= 11 is 5.86. The Bertz CT molecular complexity index is 851. The van der Waals surface area contributed by atoms with Gasteiger partial charge in [0.25, 0.3) is 0 Å². The normalized spacial score (nSPS) is 11.5. The van der Waals surface area contributed by atoms with E-state index in [1.54, 1.807) is 18.2 Å². The zero-order valence-electron chi connectivity index (χ0n) is 14.6. The Hall–Kier alpha value is -2.67. The third-order valence-corrected chi connectivity index (χ3v) is 3.80. The first-order valence-corrected chi connectivity index (χ1v) is 8.29. The zero-order valence-corrected chi connectivity index (χ0v) is 15.3. The molecule has 0 radical (unpaired) electrons. The highest BCUT2D eigenvalue weighted by Crippen LogP contribution is 2.34. The minimum absolute atomic E-state index is 0.00693. The fraction of sp³-hybridized carbons (Fsp3) is 0.211.